The Labute approximate surface area is 220 Å². The molecule has 4 rings (SSSR count). The number of thiophene rings is 1. The lowest BCUT2D eigenvalue weighted by Crippen LogP contribution is -2.54. The number of hydrogen-bond acceptors (Lipinski definition) is 5. The monoisotopic (exact) mass is 548 g/mol. The van der Waals surface area contributed by atoms with Crippen molar-refractivity contribution in [1.29, 1.82) is 0 Å². The van der Waals surface area contributed by atoms with E-state index in [4.69, 9.17) is 4.98 Å². The van der Waals surface area contributed by atoms with Crippen molar-refractivity contribution in [2.75, 3.05) is 5.32 Å². The van der Waals surface area contributed by atoms with Gasteiger partial charge in [-0.2, -0.15) is 0 Å². The second-order valence-corrected chi connectivity index (χ2v) is 20.9. The van der Waals surface area contributed by atoms with Crippen LogP contribution in [0.3, 0.4) is 0 Å². The minimum atomic E-state index is -3.30. The summed E-state index contributed by atoms with van der Waals surface area (Å²) in [7, 11) is -5.64. The van der Waals surface area contributed by atoms with E-state index in [1.54, 1.807) is 19.9 Å². The molecule has 0 aliphatic heterocycles. The van der Waals surface area contributed by atoms with Crippen molar-refractivity contribution in [2.24, 2.45) is 4.36 Å². The van der Waals surface area contributed by atoms with Gasteiger partial charge in [0.1, 0.15) is 22.4 Å². The van der Waals surface area contributed by atoms with E-state index >= 15 is 0 Å². The number of carbonyl (C=O) groups excluding carboxylic acids is 1. The van der Waals surface area contributed by atoms with Crippen molar-refractivity contribution in [3.05, 3.63) is 39.0 Å². The highest BCUT2D eigenvalue weighted by Crippen LogP contribution is 2.39. The largest absolute Gasteiger partial charge is 0.386 e. The van der Waals surface area contributed by atoms with Gasteiger partial charge in [0.2, 0.25) is 0 Å². The van der Waals surface area contributed by atoms with Gasteiger partial charge < -0.3 is 10.4 Å². The van der Waals surface area contributed by atoms with Crippen LogP contribution >= 0.6 is 11.3 Å². The molecular weight excluding hydrogens is 509 g/mol. The summed E-state index contributed by atoms with van der Waals surface area (Å²) in [6, 6.07) is 1.15. The summed E-state index contributed by atoms with van der Waals surface area (Å²) in [5.74, 6) is 0. The predicted molar refractivity (Wildman–Crippen MR) is 151 cm³/mol. The first kappa shape index (κ1) is 27.4. The summed E-state index contributed by atoms with van der Waals surface area (Å²) < 4.78 is 22.9. The number of aryl methyl sites for hydroxylation is 3. The molecule has 1 unspecified atom stereocenters. The van der Waals surface area contributed by atoms with Crippen molar-refractivity contribution >= 4 is 41.2 Å². The number of hydrogen-bond donors (Lipinski definition) is 3. The van der Waals surface area contributed by atoms with Gasteiger partial charge in [-0.25, -0.2) is 13.4 Å². The maximum atomic E-state index is 14.6. The van der Waals surface area contributed by atoms with Gasteiger partial charge in [0.15, 0.2) is 0 Å². The Bertz CT molecular complexity index is 1290. The molecule has 198 valence electrons. The highest BCUT2D eigenvalue weighted by Gasteiger charge is 2.40. The second kappa shape index (κ2) is 9.30. The van der Waals surface area contributed by atoms with E-state index in [-0.39, 0.29) is 5.04 Å². The minimum Gasteiger partial charge on any atom is -0.386 e. The third kappa shape index (κ3) is 5.20. The molecule has 2 aromatic rings. The lowest BCUT2D eigenvalue weighted by atomic mass is 10.00. The number of nitrogens with one attached hydrogen (secondary N) is 2. The average Bonchev–Trinajstić information content (AvgIpc) is 3.44. The third-order valence-electron chi connectivity index (χ3n) is 7.79. The lowest BCUT2D eigenvalue weighted by Gasteiger charge is -2.37. The van der Waals surface area contributed by atoms with E-state index in [0.717, 1.165) is 71.6 Å². The van der Waals surface area contributed by atoms with Crippen molar-refractivity contribution in [3.63, 3.8) is 0 Å². The molecule has 2 heterocycles. The molecule has 0 bridgehead atoms. The number of amides is 2. The Kier molecular flexibility index (Phi) is 7.09. The molecule has 10 heteroatoms. The number of fused-ring (bicyclic) bond motifs is 2. The fourth-order valence-corrected chi connectivity index (χ4v) is 12.2. The van der Waals surface area contributed by atoms with Crippen molar-refractivity contribution in [2.45, 2.75) is 108 Å². The Morgan fingerprint density at radius 1 is 1.08 bits per heavy atom. The van der Waals surface area contributed by atoms with Crippen LogP contribution in [0.1, 0.15) is 80.4 Å². The summed E-state index contributed by atoms with van der Waals surface area (Å²) in [4.78, 5) is 19.2. The number of urea groups is 1. The number of nitrogens with zero attached hydrogens (tertiary/aromatic N) is 2. The van der Waals surface area contributed by atoms with Crippen molar-refractivity contribution in [1.82, 2.24) is 9.37 Å². The predicted octanol–water partition coefficient (Wildman–Crippen LogP) is 6.23. The van der Waals surface area contributed by atoms with E-state index < -0.39 is 29.8 Å². The molecule has 0 aromatic carbocycles. The van der Waals surface area contributed by atoms with Gasteiger partial charge in [-0.3, -0.25) is 4.98 Å². The summed E-state index contributed by atoms with van der Waals surface area (Å²) >= 11 is 1.33. The Morgan fingerprint density at radius 2 is 1.64 bits per heavy atom. The van der Waals surface area contributed by atoms with Crippen LogP contribution < -0.4 is 9.70 Å². The smallest absolute Gasteiger partial charge is 0.354 e. The molecule has 2 aliphatic rings. The first-order chi connectivity index (χ1) is 16.5. The summed E-state index contributed by atoms with van der Waals surface area (Å²) in [6.07, 6.45) is 5.71. The summed E-state index contributed by atoms with van der Waals surface area (Å²) in [5.41, 5.74) is 4.83. The van der Waals surface area contributed by atoms with E-state index in [9.17, 15) is 14.1 Å². The van der Waals surface area contributed by atoms with E-state index in [0.29, 0.717) is 9.77 Å². The summed E-state index contributed by atoms with van der Waals surface area (Å²) in [5, 5.41) is 13.6. The molecule has 2 aliphatic carbocycles. The van der Waals surface area contributed by atoms with Gasteiger partial charge in [-0.05, 0) is 87.1 Å². The molecular formula is C26H40N4O3S2Si. The number of aromatic nitrogens is 1. The molecule has 1 atom stereocenters. The molecule has 0 spiro atoms. The molecule has 2 aromatic heterocycles. The SMILES string of the molecule is Cc1sc(S(=O)(=NC(=O)Nc2c3c(nc4c2CCC4)CCC3)N[Si](C)(C)C(C)(C)C)cc1C(C)(C)O. The first-order valence-corrected chi connectivity index (χ1v) is 18.1. The van der Waals surface area contributed by atoms with Gasteiger partial charge in [0.05, 0.1) is 11.3 Å². The first-order valence-electron chi connectivity index (χ1n) is 12.8. The quantitative estimate of drug-likeness (QED) is 0.386. The number of pyridine rings is 1. The molecule has 0 saturated heterocycles. The zero-order valence-corrected chi connectivity index (χ0v) is 25.4. The molecule has 2 amide bonds. The number of rotatable bonds is 5. The van der Waals surface area contributed by atoms with Crippen LogP contribution in [-0.4, -0.2) is 28.6 Å². The van der Waals surface area contributed by atoms with E-state index in [1.807, 2.05) is 6.92 Å². The number of anilines is 1. The Morgan fingerprint density at radius 3 is 2.11 bits per heavy atom. The number of aliphatic hydroxyl groups is 1. The van der Waals surface area contributed by atoms with Crippen LogP contribution in [0.5, 0.6) is 0 Å². The topological polar surface area (TPSA) is 104 Å². The standard InChI is InChI=1S/C26H40N4O3S2Si/c1-16-19(26(5,6)32)15-22(34-16)35(33,30-36(7,8)25(2,3)4)29-24(31)28-23-17-11-9-13-20(17)27-21-14-10-12-18(21)23/h15,32H,9-14H2,1-8H3,(H2,27,28,29,30,31,33). The Hall–Kier alpha value is -1.59. The van der Waals surface area contributed by atoms with Crippen molar-refractivity contribution < 1.29 is 14.1 Å². The van der Waals surface area contributed by atoms with Crippen LogP contribution in [0.2, 0.25) is 18.1 Å². The highest BCUT2D eigenvalue weighted by atomic mass is 32.2. The fraction of sp³-hybridized carbons (Fsp3) is 0.615. The molecule has 3 N–H and O–H groups in total. The zero-order chi connectivity index (χ0) is 26.7. The van der Waals surface area contributed by atoms with E-state index in [2.05, 4.69) is 47.9 Å². The molecule has 36 heavy (non-hydrogen) atoms. The maximum absolute atomic E-state index is 14.6. The van der Waals surface area contributed by atoms with Gasteiger partial charge in [-0.15, -0.1) is 15.7 Å². The van der Waals surface area contributed by atoms with Crippen LogP contribution in [0, 0.1) is 6.92 Å². The minimum absolute atomic E-state index is 0.125. The van der Waals surface area contributed by atoms with Crippen LogP contribution in [0.25, 0.3) is 0 Å². The Balaban J connectivity index is 1.80. The van der Waals surface area contributed by atoms with Gasteiger partial charge in [-0.1, -0.05) is 33.9 Å². The van der Waals surface area contributed by atoms with Crippen LogP contribution in [-0.2, 0) is 41.2 Å². The number of carbonyl (C=O) groups is 1. The summed E-state index contributed by atoms with van der Waals surface area (Å²) in [6.45, 7) is 15.9. The maximum Gasteiger partial charge on any atom is 0.354 e. The molecule has 0 saturated carbocycles. The lowest BCUT2D eigenvalue weighted by molar-refractivity contribution is 0.0783. The van der Waals surface area contributed by atoms with Gasteiger partial charge in [0.25, 0.3) is 0 Å². The fourth-order valence-electron chi connectivity index (χ4n) is 4.80. The normalized spacial score (nSPS) is 17.5. The van der Waals surface area contributed by atoms with E-state index in [1.165, 1.54) is 11.3 Å². The zero-order valence-electron chi connectivity index (χ0n) is 22.8. The average molecular weight is 549 g/mol. The van der Waals surface area contributed by atoms with Crippen molar-refractivity contribution in [3.8, 4) is 0 Å². The van der Waals surface area contributed by atoms with Gasteiger partial charge in [0, 0.05) is 16.3 Å². The molecule has 7 nitrogen and oxygen atoms in total. The second-order valence-electron chi connectivity index (χ2n) is 12.2. The van der Waals surface area contributed by atoms with Crippen LogP contribution in [0.15, 0.2) is 14.6 Å². The molecule has 0 fully saturated rings. The molecule has 0 radical (unpaired) electrons. The van der Waals surface area contributed by atoms with Gasteiger partial charge >= 0.3 is 6.03 Å². The third-order valence-corrected chi connectivity index (χ3v) is 17.5. The highest BCUT2D eigenvalue weighted by molar-refractivity contribution is 7.95. The van der Waals surface area contributed by atoms with Crippen LogP contribution in [0.4, 0.5) is 10.5 Å².